The first-order valence-corrected chi connectivity index (χ1v) is 33.7. The molecule has 1 fully saturated rings. The number of aliphatic hydroxyl groups is 5. The van der Waals surface area contributed by atoms with Gasteiger partial charge in [0.25, 0.3) is 0 Å². The molecule has 0 aromatic carbocycles. The molecule has 0 aromatic heterocycles. The molecule has 470 valence electrons. The van der Waals surface area contributed by atoms with Crippen LogP contribution in [-0.4, -0.2) is 99.6 Å². The first-order valence-electron chi connectivity index (χ1n) is 33.7. The van der Waals surface area contributed by atoms with Crippen LogP contribution in [0.15, 0.2) is 72.9 Å². The Bertz CT molecular complexity index is 1590. The number of unbranched alkanes of at least 4 members (excludes halogenated alkanes) is 33. The van der Waals surface area contributed by atoms with Crippen molar-refractivity contribution in [3.05, 3.63) is 72.9 Å². The summed E-state index contributed by atoms with van der Waals surface area (Å²) in [6, 6.07) is -1.05. The molecule has 1 aliphatic heterocycles. The molecule has 1 aliphatic rings. The van der Waals surface area contributed by atoms with E-state index in [0.717, 1.165) is 70.6 Å². The number of esters is 1. The Labute approximate surface area is 496 Å². The fourth-order valence-electron chi connectivity index (χ4n) is 10.2. The average Bonchev–Trinajstić information content (AvgIpc) is 3.50. The molecule has 11 heteroatoms. The summed E-state index contributed by atoms with van der Waals surface area (Å²) in [6.07, 6.45) is 63.9. The molecule has 0 saturated carbocycles. The zero-order valence-electron chi connectivity index (χ0n) is 52.1. The number of nitrogens with one attached hydrogen (secondary N) is 1. The average molecular weight is 1140 g/mol. The quantitative estimate of drug-likeness (QED) is 0.0195. The number of allylic oxidation sites excluding steroid dienone is 11. The summed E-state index contributed by atoms with van der Waals surface area (Å²) in [5.41, 5.74) is 0. The van der Waals surface area contributed by atoms with Crippen molar-refractivity contribution in [1.29, 1.82) is 0 Å². The minimum absolute atomic E-state index is 0.117. The van der Waals surface area contributed by atoms with Crippen LogP contribution in [0.5, 0.6) is 0 Å². The summed E-state index contributed by atoms with van der Waals surface area (Å²) < 4.78 is 17.6. The number of hydrogen-bond acceptors (Lipinski definition) is 10. The molecule has 0 aliphatic carbocycles. The Hall–Kier alpha value is -2.90. The molecule has 8 atom stereocenters. The molecule has 1 rings (SSSR count). The van der Waals surface area contributed by atoms with Crippen LogP contribution in [0, 0.1) is 0 Å². The van der Waals surface area contributed by atoms with Gasteiger partial charge in [0.05, 0.1) is 25.4 Å². The number of amides is 1. The molecule has 8 unspecified atom stereocenters. The minimum Gasteiger partial charge on any atom is -0.454 e. The summed E-state index contributed by atoms with van der Waals surface area (Å²) >= 11 is 0. The van der Waals surface area contributed by atoms with Crippen molar-refractivity contribution in [1.82, 2.24) is 5.32 Å². The molecule has 1 saturated heterocycles. The zero-order chi connectivity index (χ0) is 58.9. The van der Waals surface area contributed by atoms with E-state index in [1.54, 1.807) is 6.08 Å². The minimum atomic E-state index is -1.62. The van der Waals surface area contributed by atoms with E-state index < -0.39 is 67.4 Å². The summed E-state index contributed by atoms with van der Waals surface area (Å²) in [5, 5.41) is 57.0. The number of carbonyl (C=O) groups excluding carboxylic acids is 2. The van der Waals surface area contributed by atoms with Gasteiger partial charge in [-0.3, -0.25) is 9.59 Å². The van der Waals surface area contributed by atoms with E-state index in [4.69, 9.17) is 14.2 Å². The molecule has 0 radical (unpaired) electrons. The highest BCUT2D eigenvalue weighted by atomic mass is 16.7. The predicted octanol–water partition coefficient (Wildman–Crippen LogP) is 16.7. The van der Waals surface area contributed by atoms with Gasteiger partial charge in [0.15, 0.2) is 12.4 Å². The number of aliphatic hydroxyl groups excluding tert-OH is 5. The number of carbonyl (C=O) groups is 2. The Morgan fingerprint density at radius 2 is 0.852 bits per heavy atom. The Kier molecular flexibility index (Phi) is 54.1. The highest BCUT2D eigenvalue weighted by Gasteiger charge is 2.47. The molecule has 0 spiro atoms. The second-order valence-corrected chi connectivity index (χ2v) is 23.2. The maximum Gasteiger partial charge on any atom is 0.306 e. The monoisotopic (exact) mass is 1140 g/mol. The van der Waals surface area contributed by atoms with Gasteiger partial charge in [-0.1, -0.05) is 273 Å². The van der Waals surface area contributed by atoms with Crippen molar-refractivity contribution in [2.24, 2.45) is 0 Å². The van der Waals surface area contributed by atoms with Crippen molar-refractivity contribution >= 4 is 11.9 Å². The summed E-state index contributed by atoms with van der Waals surface area (Å²) in [4.78, 5) is 26.6. The zero-order valence-corrected chi connectivity index (χ0v) is 52.1. The van der Waals surface area contributed by atoms with Gasteiger partial charge in [0.2, 0.25) is 5.91 Å². The third-order valence-electron chi connectivity index (χ3n) is 15.6. The van der Waals surface area contributed by atoms with Crippen LogP contribution in [0.2, 0.25) is 0 Å². The van der Waals surface area contributed by atoms with E-state index in [1.165, 1.54) is 180 Å². The normalized spacial score (nSPS) is 19.1. The lowest BCUT2D eigenvalue weighted by molar-refractivity contribution is -0.305. The van der Waals surface area contributed by atoms with E-state index >= 15 is 0 Å². The smallest absolute Gasteiger partial charge is 0.306 e. The number of hydrogen-bond donors (Lipinski definition) is 6. The van der Waals surface area contributed by atoms with Crippen LogP contribution in [0.3, 0.4) is 0 Å². The van der Waals surface area contributed by atoms with Crippen molar-refractivity contribution in [2.75, 3.05) is 13.2 Å². The van der Waals surface area contributed by atoms with E-state index in [0.29, 0.717) is 12.8 Å². The maximum atomic E-state index is 13.4. The highest BCUT2D eigenvalue weighted by Crippen LogP contribution is 2.26. The van der Waals surface area contributed by atoms with Crippen LogP contribution in [-0.2, 0) is 23.8 Å². The van der Waals surface area contributed by atoms with E-state index in [1.807, 2.05) is 18.2 Å². The summed E-state index contributed by atoms with van der Waals surface area (Å²) in [7, 11) is 0. The second kappa shape index (κ2) is 57.5. The van der Waals surface area contributed by atoms with Crippen molar-refractivity contribution in [2.45, 2.75) is 346 Å². The van der Waals surface area contributed by atoms with Crippen molar-refractivity contribution in [3.8, 4) is 0 Å². The molecule has 0 bridgehead atoms. The molecular formula is C70H125NO10. The fourth-order valence-corrected chi connectivity index (χ4v) is 10.2. The van der Waals surface area contributed by atoms with Crippen LogP contribution in [0.1, 0.15) is 297 Å². The molecule has 81 heavy (non-hydrogen) atoms. The van der Waals surface area contributed by atoms with Gasteiger partial charge in [-0.2, -0.15) is 0 Å². The second-order valence-electron chi connectivity index (χ2n) is 23.2. The van der Waals surface area contributed by atoms with E-state index in [9.17, 15) is 35.1 Å². The van der Waals surface area contributed by atoms with Crippen LogP contribution >= 0.6 is 0 Å². The predicted molar refractivity (Wildman–Crippen MR) is 338 cm³/mol. The Morgan fingerprint density at radius 1 is 0.481 bits per heavy atom. The van der Waals surface area contributed by atoms with Gasteiger partial charge in [0.1, 0.15) is 24.4 Å². The van der Waals surface area contributed by atoms with Gasteiger partial charge in [-0.05, 0) is 89.9 Å². The SMILES string of the molecule is CCCCC/C=C\C/C=C\C/C=C\C/C=C\CCC(O)C(=O)NC(COC1OC(CO)C(O)C(O)C1OC(=O)CCCCCCCCCCCCCCCCC/C=C/CCCCCCCC)C(O)/C=C/CCCCCCCCCCC. The molecule has 6 N–H and O–H groups in total. The van der Waals surface area contributed by atoms with Crippen LogP contribution in [0.25, 0.3) is 0 Å². The first-order chi connectivity index (χ1) is 39.7. The van der Waals surface area contributed by atoms with Crippen molar-refractivity contribution in [3.63, 3.8) is 0 Å². The fraction of sp³-hybridized carbons (Fsp3) is 0.800. The highest BCUT2D eigenvalue weighted by molar-refractivity contribution is 5.80. The molecule has 1 heterocycles. The summed E-state index contributed by atoms with van der Waals surface area (Å²) in [5.74, 6) is -1.25. The van der Waals surface area contributed by atoms with Gasteiger partial charge in [-0.25, -0.2) is 0 Å². The standard InChI is InChI=1S/C70H125NO10/c1-4-7-10-13-16-19-22-24-26-28-29-30-31-32-33-34-35-36-38-40-43-46-49-52-55-58-65(75)81-68-67(77)66(76)64(59-72)80-70(68)79-60-61(62(73)56-53-50-47-44-41-21-18-15-12-9-6-3)71-69(78)63(74)57-54-51-48-45-42-39-37-27-25-23-20-17-14-11-8-5-2/h17,20,24-27,39,42,48,51,53,56,61-64,66-68,70,72-74,76-77H,4-16,18-19,21-23,28-38,40-41,43-47,49-50,52,54-55,57-60H2,1-3H3,(H,71,78)/b20-17-,26-24+,27-25-,42-39-,51-48-,56-53+. The molecule has 1 amide bonds. The molecule has 11 nitrogen and oxygen atoms in total. The summed E-state index contributed by atoms with van der Waals surface area (Å²) in [6.45, 7) is 5.73. The third-order valence-corrected chi connectivity index (χ3v) is 15.6. The Balaban J connectivity index is 2.59. The molecule has 0 aromatic rings. The lowest BCUT2D eigenvalue weighted by atomic mass is 9.99. The maximum absolute atomic E-state index is 13.4. The molecular weight excluding hydrogens is 1010 g/mol. The van der Waals surface area contributed by atoms with E-state index in [2.05, 4.69) is 74.7 Å². The van der Waals surface area contributed by atoms with Crippen LogP contribution in [0.4, 0.5) is 0 Å². The lowest BCUT2D eigenvalue weighted by Gasteiger charge is -2.41. The number of ether oxygens (including phenoxy) is 3. The van der Waals surface area contributed by atoms with Crippen LogP contribution < -0.4 is 5.32 Å². The lowest BCUT2D eigenvalue weighted by Crippen LogP contribution is -2.61. The van der Waals surface area contributed by atoms with E-state index in [-0.39, 0.29) is 19.4 Å². The van der Waals surface area contributed by atoms with Gasteiger partial charge in [-0.15, -0.1) is 0 Å². The van der Waals surface area contributed by atoms with Gasteiger partial charge < -0.3 is 45.1 Å². The van der Waals surface area contributed by atoms with Gasteiger partial charge >= 0.3 is 5.97 Å². The van der Waals surface area contributed by atoms with Gasteiger partial charge in [0, 0.05) is 6.42 Å². The first kappa shape index (κ1) is 76.1. The Morgan fingerprint density at radius 3 is 1.31 bits per heavy atom. The largest absolute Gasteiger partial charge is 0.454 e. The topological polar surface area (TPSA) is 175 Å². The van der Waals surface area contributed by atoms with Crippen molar-refractivity contribution < 1.29 is 49.3 Å². The third kappa shape index (κ3) is 45.2. The number of rotatable bonds is 57.